The van der Waals surface area contributed by atoms with E-state index >= 15 is 0 Å². The summed E-state index contributed by atoms with van der Waals surface area (Å²) in [4.78, 5) is 12.2. The molecule has 30 heavy (non-hydrogen) atoms. The van der Waals surface area contributed by atoms with Crippen molar-refractivity contribution < 1.29 is 19.0 Å². The number of aromatic hydroxyl groups is 1. The van der Waals surface area contributed by atoms with Crippen molar-refractivity contribution in [1.82, 2.24) is 0 Å². The van der Waals surface area contributed by atoms with Gasteiger partial charge in [-0.1, -0.05) is 65.2 Å². The zero-order chi connectivity index (χ0) is 21.6. The predicted molar refractivity (Wildman–Crippen MR) is 122 cm³/mol. The Kier molecular flexibility index (Phi) is 10.9. The third-order valence-corrected chi connectivity index (χ3v) is 5.08. The summed E-state index contributed by atoms with van der Waals surface area (Å²) in [5.41, 5.74) is -0.420. The Morgan fingerprint density at radius 1 is 0.967 bits per heavy atom. The number of benzene rings is 1. The number of unbranched alkanes of at least 4 members (excludes halogenated alkanes) is 9. The maximum Gasteiger partial charge on any atom is 0.383 e. The van der Waals surface area contributed by atoms with E-state index in [-0.39, 0.29) is 17.1 Å². The monoisotopic (exact) mass is 416 g/mol. The molecule has 1 aromatic heterocycles. The first-order valence-electron chi connectivity index (χ1n) is 11.4. The average Bonchev–Trinajstić information content (AvgIpc) is 2.74. The topological polar surface area (TPSA) is 68.9 Å². The van der Waals surface area contributed by atoms with E-state index in [2.05, 4.69) is 13.8 Å². The molecule has 0 aliphatic heterocycles. The molecule has 0 fully saturated rings. The maximum absolute atomic E-state index is 12.2. The first-order valence-corrected chi connectivity index (χ1v) is 11.4. The number of rotatable bonds is 15. The van der Waals surface area contributed by atoms with Crippen LogP contribution in [0.15, 0.2) is 39.7 Å². The van der Waals surface area contributed by atoms with Crippen LogP contribution in [0.4, 0.5) is 0 Å². The Morgan fingerprint density at radius 3 is 2.43 bits per heavy atom. The summed E-state index contributed by atoms with van der Waals surface area (Å²) in [5.74, 6) is 0.226. The van der Waals surface area contributed by atoms with Crippen LogP contribution in [0.3, 0.4) is 0 Å². The van der Waals surface area contributed by atoms with Gasteiger partial charge in [0.25, 0.3) is 5.75 Å². The summed E-state index contributed by atoms with van der Waals surface area (Å²) in [6.45, 7) is 5.00. The SMILES string of the molecule is CCCCCCCCC=COc1c(O)c2ccc(OCCCCCC)cc2oc1=O. The summed E-state index contributed by atoms with van der Waals surface area (Å²) >= 11 is 0. The molecule has 0 saturated heterocycles. The molecular formula is C25H36O5. The van der Waals surface area contributed by atoms with Crippen LogP contribution in [0.2, 0.25) is 0 Å². The van der Waals surface area contributed by atoms with Gasteiger partial charge in [-0.15, -0.1) is 0 Å². The second-order valence-corrected chi connectivity index (χ2v) is 7.68. The molecule has 1 N–H and O–H groups in total. The molecule has 0 bridgehead atoms. The molecule has 5 nitrogen and oxygen atoms in total. The first kappa shape index (κ1) is 23.8. The molecule has 0 amide bonds. The molecule has 0 aliphatic carbocycles. The fraction of sp³-hybridized carbons (Fsp3) is 0.560. The molecule has 5 heteroatoms. The quantitative estimate of drug-likeness (QED) is 0.190. The Hall–Kier alpha value is -2.43. The number of hydrogen-bond acceptors (Lipinski definition) is 5. The van der Waals surface area contributed by atoms with E-state index in [4.69, 9.17) is 13.9 Å². The van der Waals surface area contributed by atoms with Crippen LogP contribution in [-0.2, 0) is 0 Å². The van der Waals surface area contributed by atoms with Crippen LogP contribution in [0.25, 0.3) is 11.0 Å². The second-order valence-electron chi connectivity index (χ2n) is 7.68. The minimum absolute atomic E-state index is 0.185. The maximum atomic E-state index is 12.2. The fourth-order valence-electron chi connectivity index (χ4n) is 3.29. The third kappa shape index (κ3) is 7.77. The van der Waals surface area contributed by atoms with Crippen molar-refractivity contribution in [3.05, 3.63) is 41.0 Å². The van der Waals surface area contributed by atoms with Crippen molar-refractivity contribution in [2.24, 2.45) is 0 Å². The van der Waals surface area contributed by atoms with Gasteiger partial charge >= 0.3 is 5.63 Å². The molecule has 0 aliphatic rings. The molecule has 0 spiro atoms. The molecule has 0 atom stereocenters. The van der Waals surface area contributed by atoms with Gasteiger partial charge in [0.2, 0.25) is 0 Å². The molecule has 2 rings (SSSR count). The Morgan fingerprint density at radius 2 is 1.67 bits per heavy atom. The first-order chi connectivity index (χ1) is 14.7. The van der Waals surface area contributed by atoms with Gasteiger partial charge in [0.05, 0.1) is 18.3 Å². The summed E-state index contributed by atoms with van der Waals surface area (Å²) in [6, 6.07) is 5.08. The highest BCUT2D eigenvalue weighted by molar-refractivity contribution is 5.86. The van der Waals surface area contributed by atoms with Gasteiger partial charge in [-0.05, 0) is 37.5 Å². The highest BCUT2D eigenvalue weighted by Crippen LogP contribution is 2.33. The van der Waals surface area contributed by atoms with E-state index < -0.39 is 5.63 Å². The summed E-state index contributed by atoms with van der Waals surface area (Å²) in [5, 5.41) is 10.9. The zero-order valence-corrected chi connectivity index (χ0v) is 18.5. The van der Waals surface area contributed by atoms with Gasteiger partial charge in [-0.25, -0.2) is 4.79 Å². The molecule has 0 saturated carbocycles. The van der Waals surface area contributed by atoms with E-state index in [1.54, 1.807) is 18.2 Å². The molecule has 0 unspecified atom stereocenters. The summed E-state index contributed by atoms with van der Waals surface area (Å²) in [7, 11) is 0. The van der Waals surface area contributed by atoms with Crippen LogP contribution in [0, 0.1) is 0 Å². The lowest BCUT2D eigenvalue weighted by molar-refractivity contribution is 0.305. The number of allylic oxidation sites excluding steroid dienone is 1. The Labute approximate surface area is 179 Å². The van der Waals surface area contributed by atoms with Crippen molar-refractivity contribution in [2.75, 3.05) is 6.61 Å². The Bertz CT molecular complexity index is 837. The Balaban J connectivity index is 1.90. The van der Waals surface area contributed by atoms with Gasteiger partial charge in [0.15, 0.2) is 5.75 Å². The molecule has 1 heterocycles. The predicted octanol–water partition coefficient (Wildman–Crippen LogP) is 7.10. The van der Waals surface area contributed by atoms with E-state index in [0.29, 0.717) is 17.7 Å². The second kappa shape index (κ2) is 13.7. The number of fused-ring (bicyclic) bond motifs is 1. The van der Waals surface area contributed by atoms with E-state index in [1.165, 1.54) is 51.2 Å². The standard InChI is InChI=1S/C25H36O5/c1-3-5-7-9-10-11-12-14-18-29-24-23(26)21-16-15-20(19-22(21)30-25(24)27)28-17-13-8-6-4-2/h14-16,18-19,26H,3-13,17H2,1-2H3. The normalized spacial score (nSPS) is 11.4. The van der Waals surface area contributed by atoms with Crippen LogP contribution in [-0.4, -0.2) is 11.7 Å². The number of ether oxygens (including phenoxy) is 2. The van der Waals surface area contributed by atoms with Gasteiger partial charge in [0.1, 0.15) is 11.3 Å². The lowest BCUT2D eigenvalue weighted by atomic mass is 10.1. The third-order valence-electron chi connectivity index (χ3n) is 5.08. The van der Waals surface area contributed by atoms with Crippen molar-refractivity contribution in [1.29, 1.82) is 0 Å². The molecule has 1 aromatic carbocycles. The lowest BCUT2D eigenvalue weighted by Crippen LogP contribution is -2.04. The zero-order valence-electron chi connectivity index (χ0n) is 18.5. The van der Waals surface area contributed by atoms with Gasteiger partial charge < -0.3 is 19.0 Å². The van der Waals surface area contributed by atoms with E-state index in [1.807, 2.05) is 6.08 Å². The minimum atomic E-state index is -0.704. The minimum Gasteiger partial charge on any atom is -0.504 e. The largest absolute Gasteiger partial charge is 0.504 e. The van der Waals surface area contributed by atoms with E-state index in [9.17, 15) is 9.90 Å². The van der Waals surface area contributed by atoms with Gasteiger partial charge in [0, 0.05) is 6.07 Å². The van der Waals surface area contributed by atoms with Gasteiger partial charge in [-0.2, -0.15) is 0 Å². The van der Waals surface area contributed by atoms with Gasteiger partial charge in [-0.3, -0.25) is 0 Å². The highest BCUT2D eigenvalue weighted by Gasteiger charge is 2.15. The van der Waals surface area contributed by atoms with Crippen molar-refractivity contribution >= 4 is 11.0 Å². The van der Waals surface area contributed by atoms with Crippen molar-refractivity contribution in [3.63, 3.8) is 0 Å². The number of hydrogen-bond donors (Lipinski definition) is 1. The molecule has 2 aromatic rings. The average molecular weight is 417 g/mol. The van der Waals surface area contributed by atoms with E-state index in [0.717, 1.165) is 25.7 Å². The van der Waals surface area contributed by atoms with Crippen LogP contribution < -0.4 is 15.1 Å². The fourth-order valence-corrected chi connectivity index (χ4v) is 3.29. The highest BCUT2D eigenvalue weighted by atomic mass is 16.5. The lowest BCUT2D eigenvalue weighted by Gasteiger charge is -2.08. The van der Waals surface area contributed by atoms with Crippen LogP contribution >= 0.6 is 0 Å². The van der Waals surface area contributed by atoms with Crippen LogP contribution in [0.5, 0.6) is 17.2 Å². The summed E-state index contributed by atoms with van der Waals surface area (Å²) < 4.78 is 16.4. The summed E-state index contributed by atoms with van der Waals surface area (Å²) in [6.07, 6.45) is 16.1. The van der Waals surface area contributed by atoms with Crippen molar-refractivity contribution in [3.8, 4) is 17.2 Å². The molecular weight excluding hydrogens is 380 g/mol. The van der Waals surface area contributed by atoms with Crippen molar-refractivity contribution in [2.45, 2.75) is 84.5 Å². The van der Waals surface area contributed by atoms with Crippen LogP contribution in [0.1, 0.15) is 84.5 Å². The molecule has 0 radical (unpaired) electrons. The smallest absolute Gasteiger partial charge is 0.383 e. The molecule has 166 valence electrons.